The van der Waals surface area contributed by atoms with Crippen LogP contribution >= 0.6 is 11.6 Å². The SMILES string of the molecule is ClC1=C=NC=CN1. The molecular formula is C4H3ClN2. The van der Waals surface area contributed by atoms with Crippen molar-refractivity contribution in [3.63, 3.8) is 0 Å². The third kappa shape index (κ3) is 1.07. The maximum absolute atomic E-state index is 5.37. The molecule has 0 unspecified atom stereocenters. The van der Waals surface area contributed by atoms with Crippen LogP contribution in [0.25, 0.3) is 0 Å². The Labute approximate surface area is 46.2 Å². The molecule has 0 fully saturated rings. The minimum absolute atomic E-state index is 0.433. The molecule has 36 valence electrons. The molecule has 0 aliphatic carbocycles. The summed E-state index contributed by atoms with van der Waals surface area (Å²) in [5, 5.41) is 3.11. The highest BCUT2D eigenvalue weighted by atomic mass is 35.5. The summed E-state index contributed by atoms with van der Waals surface area (Å²) in [6, 6.07) is 0. The van der Waals surface area contributed by atoms with Crippen molar-refractivity contribution in [2.75, 3.05) is 0 Å². The second-order valence-electron chi connectivity index (χ2n) is 1.01. The molecule has 0 aromatic heterocycles. The summed E-state index contributed by atoms with van der Waals surface area (Å²) >= 11 is 5.37. The van der Waals surface area contributed by atoms with Gasteiger partial charge in [-0.3, -0.25) is 0 Å². The van der Waals surface area contributed by atoms with Crippen LogP contribution in [-0.4, -0.2) is 5.87 Å². The van der Waals surface area contributed by atoms with E-state index >= 15 is 0 Å². The number of nitrogens with one attached hydrogen (secondary N) is 1. The van der Waals surface area contributed by atoms with Crippen molar-refractivity contribution >= 4 is 17.5 Å². The molecule has 0 bridgehead atoms. The van der Waals surface area contributed by atoms with Crippen molar-refractivity contribution in [1.29, 1.82) is 0 Å². The number of hydrogen-bond donors (Lipinski definition) is 1. The van der Waals surface area contributed by atoms with Crippen molar-refractivity contribution < 1.29 is 0 Å². The fraction of sp³-hybridized carbons (Fsp3) is 0. The molecule has 7 heavy (non-hydrogen) atoms. The first-order valence-corrected chi connectivity index (χ1v) is 2.17. The van der Waals surface area contributed by atoms with Gasteiger partial charge in [0.1, 0.15) is 0 Å². The van der Waals surface area contributed by atoms with Gasteiger partial charge in [0.2, 0.25) is 0 Å². The van der Waals surface area contributed by atoms with Gasteiger partial charge in [-0.05, 0) is 0 Å². The van der Waals surface area contributed by atoms with E-state index in [1.165, 1.54) is 0 Å². The lowest BCUT2D eigenvalue weighted by atomic mass is 10.8. The van der Waals surface area contributed by atoms with E-state index in [1.54, 1.807) is 12.4 Å². The molecule has 2 nitrogen and oxygen atoms in total. The van der Waals surface area contributed by atoms with Crippen LogP contribution < -0.4 is 5.32 Å². The summed E-state index contributed by atoms with van der Waals surface area (Å²) < 4.78 is 0. The molecule has 1 rings (SSSR count). The van der Waals surface area contributed by atoms with Crippen LogP contribution in [0, 0.1) is 0 Å². The standard InChI is InChI=1S/C4H3ClN2/c5-4-3-6-1-2-7-4/h1-2,7H. The Bertz CT molecular complexity index is 153. The van der Waals surface area contributed by atoms with Crippen LogP contribution in [0.2, 0.25) is 0 Å². The van der Waals surface area contributed by atoms with Gasteiger partial charge < -0.3 is 5.32 Å². The minimum atomic E-state index is 0.433. The summed E-state index contributed by atoms with van der Waals surface area (Å²) in [5.41, 5.74) is 0. The maximum atomic E-state index is 5.37. The average Bonchev–Trinajstić information content (AvgIpc) is 1.69. The minimum Gasteiger partial charge on any atom is -0.343 e. The molecule has 1 heterocycles. The third-order valence-corrected chi connectivity index (χ3v) is 0.715. The fourth-order valence-electron chi connectivity index (χ4n) is 0.274. The Morgan fingerprint density at radius 1 is 1.86 bits per heavy atom. The monoisotopic (exact) mass is 114 g/mol. The van der Waals surface area contributed by atoms with Crippen LogP contribution in [0.5, 0.6) is 0 Å². The van der Waals surface area contributed by atoms with E-state index in [4.69, 9.17) is 11.6 Å². The number of rotatable bonds is 0. The summed E-state index contributed by atoms with van der Waals surface area (Å²) in [6.07, 6.45) is 3.21. The predicted molar refractivity (Wildman–Crippen MR) is 29.1 cm³/mol. The largest absolute Gasteiger partial charge is 0.343 e. The Kier molecular flexibility index (Phi) is 1.16. The normalized spacial score (nSPS) is 15.9. The van der Waals surface area contributed by atoms with Gasteiger partial charge in [0.15, 0.2) is 5.16 Å². The quantitative estimate of drug-likeness (QED) is 0.463. The van der Waals surface area contributed by atoms with Gasteiger partial charge in [0, 0.05) is 12.1 Å². The average molecular weight is 115 g/mol. The fourth-order valence-corrected chi connectivity index (χ4v) is 0.386. The number of nitrogens with zero attached hydrogens (tertiary/aromatic N) is 1. The van der Waals surface area contributed by atoms with Gasteiger partial charge >= 0.3 is 0 Å². The van der Waals surface area contributed by atoms with Gasteiger partial charge in [0.25, 0.3) is 0 Å². The van der Waals surface area contributed by atoms with Crippen LogP contribution in [0.1, 0.15) is 0 Å². The second-order valence-corrected chi connectivity index (χ2v) is 1.39. The van der Waals surface area contributed by atoms with Crippen LogP contribution in [-0.2, 0) is 0 Å². The van der Waals surface area contributed by atoms with Crippen molar-refractivity contribution in [3.8, 4) is 0 Å². The zero-order chi connectivity index (χ0) is 5.11. The van der Waals surface area contributed by atoms with Crippen LogP contribution in [0.3, 0.4) is 0 Å². The zero-order valence-corrected chi connectivity index (χ0v) is 4.24. The first-order chi connectivity index (χ1) is 3.39. The molecule has 0 aromatic carbocycles. The van der Waals surface area contributed by atoms with E-state index in [1.807, 2.05) is 0 Å². The zero-order valence-electron chi connectivity index (χ0n) is 3.48. The molecule has 3 heteroatoms. The highest BCUT2D eigenvalue weighted by Gasteiger charge is 1.83. The van der Waals surface area contributed by atoms with Crippen molar-refractivity contribution in [2.24, 2.45) is 4.99 Å². The first-order valence-electron chi connectivity index (χ1n) is 1.79. The predicted octanol–water partition coefficient (Wildman–Crippen LogP) is 0.811. The maximum Gasteiger partial charge on any atom is 0.169 e. The van der Waals surface area contributed by atoms with Gasteiger partial charge in [-0.25, -0.2) is 4.99 Å². The Balaban J connectivity index is 2.84. The van der Waals surface area contributed by atoms with E-state index in [0.717, 1.165) is 0 Å². The number of halogens is 1. The lowest BCUT2D eigenvalue weighted by Crippen LogP contribution is -2.00. The van der Waals surface area contributed by atoms with E-state index in [0.29, 0.717) is 5.16 Å². The first kappa shape index (κ1) is 4.44. The van der Waals surface area contributed by atoms with E-state index < -0.39 is 0 Å². The highest BCUT2D eigenvalue weighted by Crippen LogP contribution is 1.91. The molecule has 0 spiro atoms. The lowest BCUT2D eigenvalue weighted by molar-refractivity contribution is 1.15. The Morgan fingerprint density at radius 3 is 3.00 bits per heavy atom. The summed E-state index contributed by atoms with van der Waals surface area (Å²) in [5.74, 6) is 2.49. The van der Waals surface area contributed by atoms with Crippen molar-refractivity contribution in [3.05, 3.63) is 17.6 Å². The van der Waals surface area contributed by atoms with E-state index in [2.05, 4.69) is 16.2 Å². The number of aliphatic imine (C=N–C) groups is 1. The number of hydrogen-bond acceptors (Lipinski definition) is 2. The molecule has 1 aliphatic heterocycles. The van der Waals surface area contributed by atoms with E-state index in [-0.39, 0.29) is 0 Å². The molecule has 0 radical (unpaired) electrons. The molecule has 0 saturated heterocycles. The smallest absolute Gasteiger partial charge is 0.169 e. The van der Waals surface area contributed by atoms with E-state index in [9.17, 15) is 0 Å². The molecule has 1 aliphatic rings. The topological polar surface area (TPSA) is 24.4 Å². The van der Waals surface area contributed by atoms with Crippen molar-refractivity contribution in [1.82, 2.24) is 5.32 Å². The molecule has 1 N–H and O–H groups in total. The molecular weight excluding hydrogens is 112 g/mol. The van der Waals surface area contributed by atoms with Gasteiger partial charge in [-0.15, -0.1) is 0 Å². The van der Waals surface area contributed by atoms with Gasteiger partial charge in [-0.2, -0.15) is 0 Å². The summed E-state index contributed by atoms with van der Waals surface area (Å²) in [6.45, 7) is 0. The highest BCUT2D eigenvalue weighted by molar-refractivity contribution is 6.33. The van der Waals surface area contributed by atoms with Crippen molar-refractivity contribution in [2.45, 2.75) is 0 Å². The van der Waals surface area contributed by atoms with Gasteiger partial charge in [0.05, 0.1) is 6.20 Å². The molecule has 0 aromatic rings. The second kappa shape index (κ2) is 1.82. The Morgan fingerprint density at radius 2 is 2.71 bits per heavy atom. The van der Waals surface area contributed by atoms with Gasteiger partial charge in [-0.1, -0.05) is 11.6 Å². The molecule has 0 saturated carbocycles. The van der Waals surface area contributed by atoms with Crippen LogP contribution in [0.15, 0.2) is 22.5 Å². The summed E-state index contributed by atoms with van der Waals surface area (Å²) in [7, 11) is 0. The molecule has 0 atom stereocenters. The third-order valence-electron chi connectivity index (χ3n) is 0.522. The Hall–Kier alpha value is -0.720. The lowest BCUT2D eigenvalue weighted by Gasteiger charge is -1.92. The summed E-state index contributed by atoms with van der Waals surface area (Å²) in [4.78, 5) is 3.60. The van der Waals surface area contributed by atoms with Crippen LogP contribution in [0.4, 0.5) is 0 Å². The molecule has 0 amide bonds.